The average Bonchev–Trinajstić information content (AvgIpc) is 2.89. The second-order valence-corrected chi connectivity index (χ2v) is 10.6. The van der Waals surface area contributed by atoms with E-state index in [2.05, 4.69) is 0 Å². The Kier molecular flexibility index (Phi) is 7.84. The van der Waals surface area contributed by atoms with Crippen LogP contribution in [0.3, 0.4) is 0 Å². The summed E-state index contributed by atoms with van der Waals surface area (Å²) in [5.74, 6) is -1.01. The summed E-state index contributed by atoms with van der Waals surface area (Å²) < 4.78 is 80.4. The molecule has 0 radical (unpaired) electrons. The number of carbonyl (C=O) groups excluding carboxylic acids is 1. The van der Waals surface area contributed by atoms with Crippen LogP contribution in [0.5, 0.6) is 0 Å². The van der Waals surface area contributed by atoms with E-state index in [0.29, 0.717) is 24.3 Å². The maximum absolute atomic E-state index is 13.4. The summed E-state index contributed by atoms with van der Waals surface area (Å²) >= 11 is 0. The molecule has 4 rings (SSSR count). The fourth-order valence-corrected chi connectivity index (χ4v) is 5.49. The molecule has 0 unspecified atom stereocenters. The van der Waals surface area contributed by atoms with Gasteiger partial charge in [-0.3, -0.25) is 4.79 Å². The van der Waals surface area contributed by atoms with Crippen LogP contribution in [0.2, 0.25) is 0 Å². The number of halogens is 4. The molecule has 1 heterocycles. The number of benzene rings is 3. The first-order valence-electron chi connectivity index (χ1n) is 11.5. The van der Waals surface area contributed by atoms with E-state index >= 15 is 0 Å². The van der Waals surface area contributed by atoms with Gasteiger partial charge in [-0.1, -0.05) is 36.4 Å². The molecule has 3 aromatic rings. The van der Waals surface area contributed by atoms with E-state index in [1.165, 1.54) is 11.0 Å². The van der Waals surface area contributed by atoms with Crippen LogP contribution in [-0.4, -0.2) is 56.3 Å². The number of amides is 1. The Balaban J connectivity index is 1.47. The van der Waals surface area contributed by atoms with E-state index in [9.17, 15) is 30.8 Å². The summed E-state index contributed by atoms with van der Waals surface area (Å²) in [6, 6.07) is 18.2. The lowest BCUT2D eigenvalue weighted by molar-refractivity contribution is -0.137. The normalized spacial score (nSPS) is 14.7. The number of anilines is 1. The van der Waals surface area contributed by atoms with E-state index in [0.717, 1.165) is 40.7 Å². The van der Waals surface area contributed by atoms with Crippen molar-refractivity contribution in [1.29, 1.82) is 0 Å². The molecule has 0 atom stereocenters. The molecule has 1 amide bonds. The van der Waals surface area contributed by atoms with Crippen molar-refractivity contribution in [3.63, 3.8) is 0 Å². The van der Waals surface area contributed by atoms with E-state index in [1.807, 2.05) is 0 Å². The van der Waals surface area contributed by atoms with Crippen molar-refractivity contribution >= 4 is 21.6 Å². The van der Waals surface area contributed by atoms with E-state index in [1.54, 1.807) is 41.3 Å². The maximum Gasteiger partial charge on any atom is 0.416 e. The van der Waals surface area contributed by atoms with Crippen molar-refractivity contribution in [2.75, 3.05) is 37.6 Å². The van der Waals surface area contributed by atoms with Crippen LogP contribution >= 0.6 is 0 Å². The van der Waals surface area contributed by atoms with Gasteiger partial charge in [0, 0.05) is 38.4 Å². The average molecular weight is 536 g/mol. The third kappa shape index (κ3) is 6.47. The zero-order valence-electron chi connectivity index (χ0n) is 19.7. The van der Waals surface area contributed by atoms with Gasteiger partial charge in [-0.15, -0.1) is 0 Å². The SMILES string of the molecule is O=C(CN(Cc1ccccc1)S(=O)(=O)c1ccc(F)cc1)N1CCN(c2cccc(C(F)(F)F)c2)CC1. The third-order valence-electron chi connectivity index (χ3n) is 6.14. The van der Waals surface area contributed by atoms with Gasteiger partial charge >= 0.3 is 6.18 Å². The Bertz CT molecular complexity index is 1330. The van der Waals surface area contributed by atoms with Crippen molar-refractivity contribution < 1.29 is 30.8 Å². The largest absolute Gasteiger partial charge is 0.416 e. The smallest absolute Gasteiger partial charge is 0.368 e. The number of carbonyl (C=O) groups is 1. The summed E-state index contributed by atoms with van der Waals surface area (Å²) in [7, 11) is -4.12. The zero-order chi connectivity index (χ0) is 26.6. The van der Waals surface area contributed by atoms with Gasteiger partial charge in [0.2, 0.25) is 15.9 Å². The minimum atomic E-state index is -4.45. The molecule has 0 aliphatic carbocycles. The Morgan fingerprint density at radius 3 is 2.14 bits per heavy atom. The van der Waals surface area contributed by atoms with Gasteiger partial charge < -0.3 is 9.80 Å². The second-order valence-electron chi connectivity index (χ2n) is 8.63. The molecule has 1 aliphatic rings. The topological polar surface area (TPSA) is 60.9 Å². The lowest BCUT2D eigenvalue weighted by Crippen LogP contribution is -2.51. The lowest BCUT2D eigenvalue weighted by atomic mass is 10.1. The molecule has 196 valence electrons. The zero-order valence-corrected chi connectivity index (χ0v) is 20.6. The van der Waals surface area contributed by atoms with Crippen molar-refractivity contribution in [1.82, 2.24) is 9.21 Å². The molecule has 0 N–H and O–H groups in total. The highest BCUT2D eigenvalue weighted by Crippen LogP contribution is 2.32. The Morgan fingerprint density at radius 1 is 0.865 bits per heavy atom. The number of hydrogen-bond donors (Lipinski definition) is 0. The van der Waals surface area contributed by atoms with Crippen molar-refractivity contribution in [2.24, 2.45) is 0 Å². The van der Waals surface area contributed by atoms with Crippen LogP contribution in [-0.2, 0) is 27.5 Å². The molecule has 0 aromatic heterocycles. The summed E-state index contributed by atoms with van der Waals surface area (Å²) in [4.78, 5) is 16.3. The van der Waals surface area contributed by atoms with E-state index < -0.39 is 40.0 Å². The van der Waals surface area contributed by atoms with Crippen LogP contribution in [0.25, 0.3) is 0 Å². The summed E-state index contributed by atoms with van der Waals surface area (Å²) in [5.41, 5.74) is 0.341. The van der Waals surface area contributed by atoms with Gasteiger partial charge in [0.1, 0.15) is 5.82 Å². The molecular formula is C26H25F4N3O3S. The maximum atomic E-state index is 13.4. The Morgan fingerprint density at radius 2 is 1.51 bits per heavy atom. The van der Waals surface area contributed by atoms with Gasteiger partial charge in [0.05, 0.1) is 17.0 Å². The fourth-order valence-electron chi connectivity index (χ4n) is 4.11. The van der Waals surface area contributed by atoms with Gasteiger partial charge in [0.15, 0.2) is 0 Å². The predicted octanol–water partition coefficient (Wildman–Crippen LogP) is 4.38. The van der Waals surface area contributed by atoms with E-state index in [-0.39, 0.29) is 24.5 Å². The number of piperazine rings is 1. The van der Waals surface area contributed by atoms with Crippen LogP contribution in [0, 0.1) is 5.82 Å². The second kappa shape index (κ2) is 10.9. The highest BCUT2D eigenvalue weighted by molar-refractivity contribution is 7.89. The van der Waals surface area contributed by atoms with E-state index in [4.69, 9.17) is 0 Å². The Labute approximate surface area is 212 Å². The molecular weight excluding hydrogens is 510 g/mol. The molecule has 11 heteroatoms. The molecule has 0 spiro atoms. The highest BCUT2D eigenvalue weighted by atomic mass is 32.2. The molecule has 1 aliphatic heterocycles. The van der Waals surface area contributed by atoms with Crippen LogP contribution in [0.4, 0.5) is 23.2 Å². The number of nitrogens with zero attached hydrogens (tertiary/aromatic N) is 3. The molecule has 0 saturated carbocycles. The fraction of sp³-hybridized carbons (Fsp3) is 0.269. The van der Waals surface area contributed by atoms with Crippen molar-refractivity contribution in [2.45, 2.75) is 17.6 Å². The quantitative estimate of drug-likeness (QED) is 0.422. The third-order valence-corrected chi connectivity index (χ3v) is 7.94. The standard InChI is InChI=1S/C26H25F4N3O3S/c27-22-9-11-24(12-10-22)37(35,36)33(18-20-5-2-1-3-6-20)19-25(34)32-15-13-31(14-16-32)23-8-4-7-21(17-23)26(28,29)30/h1-12,17H,13-16,18-19H2. The number of hydrogen-bond acceptors (Lipinski definition) is 4. The van der Waals surface area contributed by atoms with Crippen LogP contribution in [0.15, 0.2) is 83.8 Å². The minimum Gasteiger partial charge on any atom is -0.368 e. The molecule has 0 bridgehead atoms. The molecule has 1 saturated heterocycles. The first-order valence-corrected chi connectivity index (χ1v) is 13.0. The summed E-state index contributed by atoms with van der Waals surface area (Å²) in [6.07, 6.45) is -4.45. The molecule has 37 heavy (non-hydrogen) atoms. The molecule has 3 aromatic carbocycles. The molecule has 6 nitrogen and oxygen atoms in total. The van der Waals surface area contributed by atoms with Crippen LogP contribution < -0.4 is 4.90 Å². The number of alkyl halides is 3. The van der Waals surface area contributed by atoms with Crippen molar-refractivity contribution in [3.8, 4) is 0 Å². The minimum absolute atomic E-state index is 0.0590. The first kappa shape index (κ1) is 26.6. The van der Waals surface area contributed by atoms with Gasteiger partial charge in [-0.05, 0) is 48.0 Å². The van der Waals surface area contributed by atoms with Crippen LogP contribution in [0.1, 0.15) is 11.1 Å². The highest BCUT2D eigenvalue weighted by Gasteiger charge is 2.32. The number of rotatable bonds is 7. The summed E-state index contributed by atoms with van der Waals surface area (Å²) in [6.45, 7) is 0.567. The van der Waals surface area contributed by atoms with Gasteiger partial charge in [0.25, 0.3) is 0 Å². The summed E-state index contributed by atoms with van der Waals surface area (Å²) in [5, 5.41) is 0. The van der Waals surface area contributed by atoms with Gasteiger partial charge in [-0.2, -0.15) is 17.5 Å². The van der Waals surface area contributed by atoms with Crippen molar-refractivity contribution in [3.05, 3.63) is 95.8 Å². The van der Waals surface area contributed by atoms with Gasteiger partial charge in [-0.25, -0.2) is 12.8 Å². The monoisotopic (exact) mass is 535 g/mol. The predicted molar refractivity (Wildman–Crippen MR) is 131 cm³/mol. The Hall–Kier alpha value is -3.44. The molecule has 1 fully saturated rings. The number of sulfonamides is 1. The first-order chi connectivity index (χ1) is 17.5. The lowest BCUT2D eigenvalue weighted by Gasteiger charge is -2.37.